The van der Waals surface area contributed by atoms with Gasteiger partial charge >= 0.3 is 0 Å². The average Bonchev–Trinajstić information content (AvgIpc) is 2.96. The van der Waals surface area contributed by atoms with Crippen molar-refractivity contribution in [3.05, 3.63) is 47.9 Å². The Morgan fingerprint density at radius 1 is 1.05 bits per heavy atom. The van der Waals surface area contributed by atoms with Gasteiger partial charge in [0.2, 0.25) is 0 Å². The highest BCUT2D eigenvalue weighted by Crippen LogP contribution is 2.27. The van der Waals surface area contributed by atoms with Crippen molar-refractivity contribution in [2.45, 2.75) is 13.0 Å². The van der Waals surface area contributed by atoms with Gasteiger partial charge in [-0.15, -0.1) is 0 Å². The maximum Gasteiger partial charge on any atom is 0.160 e. The normalized spacial score (nSPS) is 10.4. The molecule has 0 aliphatic carbocycles. The van der Waals surface area contributed by atoms with E-state index in [1.165, 1.54) is 5.56 Å². The van der Waals surface area contributed by atoms with Gasteiger partial charge in [0.25, 0.3) is 0 Å². The van der Waals surface area contributed by atoms with Gasteiger partial charge in [0.1, 0.15) is 0 Å². The summed E-state index contributed by atoms with van der Waals surface area (Å²) in [5.74, 6) is 1.53. The second-order valence-corrected chi connectivity index (χ2v) is 4.25. The smallest absolute Gasteiger partial charge is 0.160 e. The van der Waals surface area contributed by atoms with E-state index in [9.17, 15) is 0 Å². The number of benzene rings is 1. The molecule has 1 heterocycles. The Hall–Kier alpha value is -1.94. The Balaban J connectivity index is 1.82. The summed E-state index contributed by atoms with van der Waals surface area (Å²) in [7, 11) is 3.29. The van der Waals surface area contributed by atoms with Gasteiger partial charge in [0.15, 0.2) is 11.5 Å². The first-order chi connectivity index (χ1) is 9.33. The SMILES string of the molecule is COc1ccc(CCNCc2ccoc2)cc1OC. The Kier molecular flexibility index (Phi) is 4.86. The quantitative estimate of drug-likeness (QED) is 0.778. The standard InChI is InChI=1S/C15H19NO3/c1-17-14-4-3-12(9-15(14)18-2)5-7-16-10-13-6-8-19-11-13/h3-4,6,8-9,11,16H,5,7,10H2,1-2H3. The Bertz CT molecular complexity index is 494. The minimum Gasteiger partial charge on any atom is -0.493 e. The highest BCUT2D eigenvalue weighted by Gasteiger charge is 2.04. The molecule has 0 saturated carbocycles. The van der Waals surface area contributed by atoms with Crippen LogP contribution in [0.4, 0.5) is 0 Å². The molecule has 1 N–H and O–H groups in total. The third-order valence-electron chi connectivity index (χ3n) is 2.95. The minimum atomic E-state index is 0.762. The molecule has 1 aromatic heterocycles. The molecule has 19 heavy (non-hydrogen) atoms. The lowest BCUT2D eigenvalue weighted by atomic mass is 10.1. The summed E-state index contributed by atoms with van der Waals surface area (Å²) in [5, 5.41) is 3.37. The maximum atomic E-state index is 5.28. The lowest BCUT2D eigenvalue weighted by Gasteiger charge is -2.09. The number of methoxy groups -OCH3 is 2. The van der Waals surface area contributed by atoms with Crippen LogP contribution in [0.3, 0.4) is 0 Å². The Morgan fingerprint density at radius 2 is 1.89 bits per heavy atom. The molecule has 102 valence electrons. The molecule has 0 spiro atoms. The average molecular weight is 261 g/mol. The maximum absolute atomic E-state index is 5.28. The molecule has 0 atom stereocenters. The summed E-state index contributed by atoms with van der Waals surface area (Å²) in [6.07, 6.45) is 4.38. The predicted molar refractivity (Wildman–Crippen MR) is 73.7 cm³/mol. The molecule has 0 fully saturated rings. The van der Waals surface area contributed by atoms with Crippen molar-refractivity contribution in [2.24, 2.45) is 0 Å². The zero-order chi connectivity index (χ0) is 13.5. The van der Waals surface area contributed by atoms with Crippen molar-refractivity contribution in [3.63, 3.8) is 0 Å². The van der Waals surface area contributed by atoms with E-state index in [-0.39, 0.29) is 0 Å². The molecule has 0 aliphatic heterocycles. The number of rotatable bonds is 7. The van der Waals surface area contributed by atoms with Crippen molar-refractivity contribution in [1.82, 2.24) is 5.32 Å². The van der Waals surface area contributed by atoms with E-state index < -0.39 is 0 Å². The second kappa shape index (κ2) is 6.85. The van der Waals surface area contributed by atoms with Crippen molar-refractivity contribution < 1.29 is 13.9 Å². The lowest BCUT2D eigenvalue weighted by Crippen LogP contribution is -2.16. The van der Waals surface area contributed by atoms with Crippen molar-refractivity contribution >= 4 is 0 Å². The van der Waals surface area contributed by atoms with E-state index in [2.05, 4.69) is 11.4 Å². The zero-order valence-corrected chi connectivity index (χ0v) is 11.3. The van der Waals surface area contributed by atoms with Gasteiger partial charge in [-0.1, -0.05) is 6.07 Å². The van der Waals surface area contributed by atoms with Gasteiger partial charge in [-0.3, -0.25) is 0 Å². The molecule has 0 saturated heterocycles. The van der Waals surface area contributed by atoms with Gasteiger partial charge in [-0.2, -0.15) is 0 Å². The molecule has 0 amide bonds. The van der Waals surface area contributed by atoms with Crippen LogP contribution in [0, 0.1) is 0 Å². The molecule has 4 nitrogen and oxygen atoms in total. The van der Waals surface area contributed by atoms with Crippen molar-refractivity contribution in [1.29, 1.82) is 0 Å². The monoisotopic (exact) mass is 261 g/mol. The molecule has 0 bridgehead atoms. The summed E-state index contributed by atoms with van der Waals surface area (Å²) < 4.78 is 15.5. The molecule has 2 rings (SSSR count). The molecule has 2 aromatic rings. The molecule has 0 aliphatic rings. The van der Waals surface area contributed by atoms with Crippen LogP contribution in [0.15, 0.2) is 41.2 Å². The number of hydrogen-bond donors (Lipinski definition) is 1. The van der Waals surface area contributed by atoms with Crippen LogP contribution < -0.4 is 14.8 Å². The third-order valence-corrected chi connectivity index (χ3v) is 2.95. The van der Waals surface area contributed by atoms with Crippen LogP contribution in [0.1, 0.15) is 11.1 Å². The highest BCUT2D eigenvalue weighted by atomic mass is 16.5. The van der Waals surface area contributed by atoms with Crippen LogP contribution in [0.2, 0.25) is 0 Å². The number of nitrogens with one attached hydrogen (secondary N) is 1. The van der Waals surface area contributed by atoms with Crippen LogP contribution in [-0.2, 0) is 13.0 Å². The highest BCUT2D eigenvalue weighted by molar-refractivity contribution is 5.42. The molecule has 1 aromatic carbocycles. The third kappa shape index (κ3) is 3.76. The predicted octanol–water partition coefficient (Wildman–Crippen LogP) is 2.63. The largest absolute Gasteiger partial charge is 0.493 e. The molecule has 0 radical (unpaired) electrons. The second-order valence-electron chi connectivity index (χ2n) is 4.25. The number of ether oxygens (including phenoxy) is 2. The first kappa shape index (κ1) is 13.5. The van der Waals surface area contributed by atoms with E-state index in [0.717, 1.165) is 36.6 Å². The summed E-state index contributed by atoms with van der Waals surface area (Å²) in [6.45, 7) is 1.73. The molecular weight excluding hydrogens is 242 g/mol. The number of hydrogen-bond acceptors (Lipinski definition) is 4. The van der Waals surface area contributed by atoms with Crippen LogP contribution >= 0.6 is 0 Å². The summed E-state index contributed by atoms with van der Waals surface area (Å²) in [5.41, 5.74) is 2.38. The summed E-state index contributed by atoms with van der Waals surface area (Å²) >= 11 is 0. The van der Waals surface area contributed by atoms with Crippen molar-refractivity contribution in [2.75, 3.05) is 20.8 Å². The van der Waals surface area contributed by atoms with Gasteiger partial charge in [-0.05, 0) is 36.7 Å². The summed E-state index contributed by atoms with van der Waals surface area (Å²) in [4.78, 5) is 0. The fourth-order valence-electron chi connectivity index (χ4n) is 1.89. The molecule has 0 unspecified atom stereocenters. The van der Waals surface area contributed by atoms with E-state index in [1.807, 2.05) is 18.2 Å². The topological polar surface area (TPSA) is 43.6 Å². The van der Waals surface area contributed by atoms with Crippen LogP contribution in [-0.4, -0.2) is 20.8 Å². The van der Waals surface area contributed by atoms with Gasteiger partial charge in [0.05, 0.1) is 26.7 Å². The van der Waals surface area contributed by atoms with Crippen molar-refractivity contribution in [3.8, 4) is 11.5 Å². The number of furan rings is 1. The van der Waals surface area contributed by atoms with E-state index in [4.69, 9.17) is 13.9 Å². The Labute approximate surface area is 113 Å². The molecular formula is C15H19NO3. The Morgan fingerprint density at radius 3 is 2.58 bits per heavy atom. The summed E-state index contributed by atoms with van der Waals surface area (Å²) in [6, 6.07) is 7.97. The first-order valence-corrected chi connectivity index (χ1v) is 6.26. The van der Waals surface area contributed by atoms with Gasteiger partial charge in [-0.25, -0.2) is 0 Å². The van der Waals surface area contributed by atoms with Crippen LogP contribution in [0.25, 0.3) is 0 Å². The lowest BCUT2D eigenvalue weighted by molar-refractivity contribution is 0.354. The van der Waals surface area contributed by atoms with E-state index in [1.54, 1.807) is 26.7 Å². The fourth-order valence-corrected chi connectivity index (χ4v) is 1.89. The van der Waals surface area contributed by atoms with Gasteiger partial charge in [0, 0.05) is 12.1 Å². The van der Waals surface area contributed by atoms with E-state index >= 15 is 0 Å². The fraction of sp³-hybridized carbons (Fsp3) is 0.333. The first-order valence-electron chi connectivity index (χ1n) is 6.26. The van der Waals surface area contributed by atoms with E-state index in [0.29, 0.717) is 0 Å². The minimum absolute atomic E-state index is 0.762. The zero-order valence-electron chi connectivity index (χ0n) is 11.3. The molecule has 4 heteroatoms. The van der Waals surface area contributed by atoms with Gasteiger partial charge < -0.3 is 19.2 Å². The van der Waals surface area contributed by atoms with Crippen LogP contribution in [0.5, 0.6) is 11.5 Å².